The average Bonchev–Trinajstić information content (AvgIpc) is 2.62. The number of ether oxygens (including phenoxy) is 2. The van der Waals surface area contributed by atoms with E-state index in [0.29, 0.717) is 6.42 Å². The van der Waals surface area contributed by atoms with Gasteiger partial charge in [-0.3, -0.25) is 4.79 Å². The number of carbonyl (C=O) groups is 2. The van der Waals surface area contributed by atoms with E-state index in [0.717, 1.165) is 23.7 Å². The lowest BCUT2D eigenvalue weighted by atomic mass is 9.93. The van der Waals surface area contributed by atoms with E-state index in [1.165, 1.54) is 0 Å². The molecule has 0 N–H and O–H groups in total. The van der Waals surface area contributed by atoms with E-state index in [2.05, 4.69) is 20.8 Å². The van der Waals surface area contributed by atoms with E-state index in [-0.39, 0.29) is 31.0 Å². The quantitative estimate of drug-likeness (QED) is 0.270. The summed E-state index contributed by atoms with van der Waals surface area (Å²) >= 11 is 0. The molecule has 2 atom stereocenters. The fourth-order valence-corrected chi connectivity index (χ4v) is 5.80. The van der Waals surface area contributed by atoms with Crippen molar-refractivity contribution in [2.24, 2.45) is 5.92 Å². The fraction of sp³-hybridized carbons (Fsp3) is 0.789. The van der Waals surface area contributed by atoms with E-state index >= 15 is 0 Å². The summed E-state index contributed by atoms with van der Waals surface area (Å²) in [5, 5.41) is 0. The third-order valence-electron chi connectivity index (χ3n) is 4.94. The van der Waals surface area contributed by atoms with Gasteiger partial charge in [0.15, 0.2) is 8.32 Å². The Bertz CT molecular complexity index is 435. The Labute approximate surface area is 154 Å². The van der Waals surface area contributed by atoms with Crippen LogP contribution in [0.5, 0.6) is 0 Å². The van der Waals surface area contributed by atoms with Crippen LogP contribution in [0.1, 0.15) is 54.9 Å². The first-order chi connectivity index (χ1) is 11.8. The van der Waals surface area contributed by atoms with Gasteiger partial charge in [0.2, 0.25) is 0 Å². The standard InChI is InChI=1S/C19H36O5Si/c1-8-17(20)16(7)18(24-25(10-3,11-4)12-5)15(6)13-14-23-19(21)22-9-2/h13,16,18H,8-12,14H2,1-7H3/b15-13-/t16-,18-/m0/s1. The molecule has 25 heavy (non-hydrogen) atoms. The molecule has 0 saturated carbocycles. The summed E-state index contributed by atoms with van der Waals surface area (Å²) in [6.45, 7) is 14.4. The molecule has 0 spiro atoms. The fourth-order valence-electron chi connectivity index (χ4n) is 2.87. The summed E-state index contributed by atoms with van der Waals surface area (Å²) in [5.41, 5.74) is 0.936. The molecule has 146 valence electrons. The van der Waals surface area contributed by atoms with Gasteiger partial charge in [0.1, 0.15) is 12.4 Å². The van der Waals surface area contributed by atoms with Crippen LogP contribution in [-0.2, 0) is 18.7 Å². The number of ketones is 1. The Hall–Kier alpha value is -1.14. The molecule has 0 aliphatic rings. The average molecular weight is 373 g/mol. The van der Waals surface area contributed by atoms with Crippen LogP contribution in [0.25, 0.3) is 0 Å². The molecule has 0 aliphatic carbocycles. The molecule has 0 aromatic rings. The first kappa shape index (κ1) is 23.9. The van der Waals surface area contributed by atoms with Crippen LogP contribution in [0.3, 0.4) is 0 Å². The van der Waals surface area contributed by atoms with Crippen LogP contribution in [0.4, 0.5) is 4.79 Å². The first-order valence-corrected chi connectivity index (χ1v) is 12.0. The van der Waals surface area contributed by atoms with Crippen LogP contribution in [0, 0.1) is 5.92 Å². The highest BCUT2D eigenvalue weighted by Crippen LogP contribution is 2.29. The Morgan fingerprint density at radius 3 is 2.00 bits per heavy atom. The van der Waals surface area contributed by atoms with Gasteiger partial charge in [-0.05, 0) is 43.6 Å². The summed E-state index contributed by atoms with van der Waals surface area (Å²) in [7, 11) is -1.86. The van der Waals surface area contributed by atoms with E-state index in [1.54, 1.807) is 6.92 Å². The van der Waals surface area contributed by atoms with Crippen molar-refractivity contribution in [1.29, 1.82) is 0 Å². The zero-order chi connectivity index (χ0) is 19.5. The van der Waals surface area contributed by atoms with Crippen LogP contribution >= 0.6 is 0 Å². The van der Waals surface area contributed by atoms with Crippen LogP contribution in [0.15, 0.2) is 11.6 Å². The molecule has 0 heterocycles. The normalized spacial score (nSPS) is 14.8. The van der Waals surface area contributed by atoms with Crippen LogP contribution in [0.2, 0.25) is 18.1 Å². The summed E-state index contributed by atoms with van der Waals surface area (Å²) in [4.78, 5) is 23.6. The molecule has 0 unspecified atom stereocenters. The summed E-state index contributed by atoms with van der Waals surface area (Å²) in [6.07, 6.45) is 1.37. The van der Waals surface area contributed by atoms with Crippen molar-refractivity contribution in [2.75, 3.05) is 13.2 Å². The lowest BCUT2D eigenvalue weighted by molar-refractivity contribution is -0.124. The van der Waals surface area contributed by atoms with Crippen molar-refractivity contribution < 1.29 is 23.5 Å². The van der Waals surface area contributed by atoms with Gasteiger partial charge in [0.25, 0.3) is 0 Å². The predicted molar refractivity (Wildman–Crippen MR) is 103 cm³/mol. The molecular weight excluding hydrogens is 336 g/mol. The molecule has 0 amide bonds. The van der Waals surface area contributed by atoms with Crippen molar-refractivity contribution in [3.63, 3.8) is 0 Å². The van der Waals surface area contributed by atoms with E-state index in [4.69, 9.17) is 13.9 Å². The van der Waals surface area contributed by atoms with Crippen molar-refractivity contribution in [1.82, 2.24) is 0 Å². The molecule has 0 fully saturated rings. The maximum absolute atomic E-state index is 12.3. The van der Waals surface area contributed by atoms with Gasteiger partial charge in [0.05, 0.1) is 12.7 Å². The largest absolute Gasteiger partial charge is 0.508 e. The molecule has 0 aliphatic heterocycles. The molecule has 0 saturated heterocycles. The lowest BCUT2D eigenvalue weighted by Gasteiger charge is -2.36. The van der Waals surface area contributed by atoms with Crippen molar-refractivity contribution in [2.45, 2.75) is 79.1 Å². The van der Waals surface area contributed by atoms with Gasteiger partial charge in [-0.2, -0.15) is 0 Å². The van der Waals surface area contributed by atoms with Crippen molar-refractivity contribution in [3.05, 3.63) is 11.6 Å². The summed E-state index contributed by atoms with van der Waals surface area (Å²) < 4.78 is 16.4. The second kappa shape index (κ2) is 12.2. The van der Waals surface area contributed by atoms with Gasteiger partial charge in [0, 0.05) is 12.3 Å². The Morgan fingerprint density at radius 1 is 1.00 bits per heavy atom. The number of Topliss-reactive ketones (excluding diaryl/α,β-unsaturated/α-hetero) is 1. The number of rotatable bonds is 12. The predicted octanol–water partition coefficient (Wildman–Crippen LogP) is 5.11. The van der Waals surface area contributed by atoms with E-state index in [1.807, 2.05) is 26.8 Å². The highest BCUT2D eigenvalue weighted by atomic mass is 28.4. The Morgan fingerprint density at radius 2 is 1.56 bits per heavy atom. The van der Waals surface area contributed by atoms with Crippen molar-refractivity contribution in [3.8, 4) is 0 Å². The Kier molecular flexibility index (Phi) is 11.7. The third-order valence-corrected chi connectivity index (χ3v) is 9.56. The molecule has 0 aromatic carbocycles. The van der Waals surface area contributed by atoms with Crippen molar-refractivity contribution >= 4 is 20.3 Å². The SMILES string of the molecule is CCOC(=O)OC/C=C(/C)[C@H](O[Si](CC)(CC)CC)[C@@H](C)C(=O)CC. The zero-order valence-electron chi connectivity index (χ0n) is 17.0. The van der Waals surface area contributed by atoms with E-state index in [9.17, 15) is 9.59 Å². The maximum Gasteiger partial charge on any atom is 0.508 e. The van der Waals surface area contributed by atoms with Crippen LogP contribution < -0.4 is 0 Å². The minimum absolute atomic E-state index is 0.122. The second-order valence-corrected chi connectivity index (χ2v) is 11.1. The molecule has 0 bridgehead atoms. The zero-order valence-corrected chi connectivity index (χ0v) is 18.0. The first-order valence-electron chi connectivity index (χ1n) is 9.47. The topological polar surface area (TPSA) is 61.8 Å². The highest BCUT2D eigenvalue weighted by molar-refractivity contribution is 6.73. The lowest BCUT2D eigenvalue weighted by Crippen LogP contribution is -2.44. The second-order valence-electron chi connectivity index (χ2n) is 6.33. The maximum atomic E-state index is 12.3. The van der Waals surface area contributed by atoms with Crippen LogP contribution in [-0.4, -0.2) is 39.6 Å². The third kappa shape index (κ3) is 7.73. The number of carbonyl (C=O) groups excluding carboxylic acids is 2. The molecular formula is C19H36O5Si. The minimum atomic E-state index is -1.86. The summed E-state index contributed by atoms with van der Waals surface area (Å²) in [5.74, 6) is -0.0179. The summed E-state index contributed by atoms with van der Waals surface area (Å²) in [6, 6.07) is 3.07. The molecule has 0 radical (unpaired) electrons. The number of hydrogen-bond donors (Lipinski definition) is 0. The molecule has 5 nitrogen and oxygen atoms in total. The van der Waals surface area contributed by atoms with Gasteiger partial charge >= 0.3 is 6.16 Å². The smallest absolute Gasteiger partial charge is 0.435 e. The van der Waals surface area contributed by atoms with Gasteiger partial charge in [-0.1, -0.05) is 34.6 Å². The Balaban J connectivity index is 5.29. The molecule has 0 rings (SSSR count). The van der Waals surface area contributed by atoms with Gasteiger partial charge in [-0.25, -0.2) is 4.79 Å². The van der Waals surface area contributed by atoms with E-state index < -0.39 is 14.5 Å². The molecule has 6 heteroatoms. The molecule has 0 aromatic heterocycles. The van der Waals surface area contributed by atoms with Gasteiger partial charge < -0.3 is 13.9 Å². The highest BCUT2D eigenvalue weighted by Gasteiger charge is 2.36. The minimum Gasteiger partial charge on any atom is -0.435 e. The monoisotopic (exact) mass is 372 g/mol. The van der Waals surface area contributed by atoms with Gasteiger partial charge in [-0.15, -0.1) is 0 Å². The number of hydrogen-bond acceptors (Lipinski definition) is 5.